The molecule has 0 aromatic carbocycles. The first kappa shape index (κ1) is 12.9. The standard InChI is InChI=1S/C14H25NO2/c1-4-17-13(16)14(15-9-10(2)3)8-11-5-6-12(14)7-11/h10-12,15H,4-9H2,1-3H3. The third kappa shape index (κ3) is 2.35. The SMILES string of the molecule is CCOC(=O)C1(NCC(C)C)CC2CCC1C2. The molecule has 0 saturated heterocycles. The molecule has 2 aliphatic rings. The molecular weight excluding hydrogens is 214 g/mol. The van der Waals surface area contributed by atoms with Gasteiger partial charge in [-0.2, -0.15) is 0 Å². The molecule has 2 rings (SSSR count). The Kier molecular flexibility index (Phi) is 3.76. The zero-order valence-corrected chi connectivity index (χ0v) is 11.3. The smallest absolute Gasteiger partial charge is 0.326 e. The summed E-state index contributed by atoms with van der Waals surface area (Å²) in [6, 6.07) is 0. The number of ether oxygens (including phenoxy) is 1. The van der Waals surface area contributed by atoms with Crippen molar-refractivity contribution in [3.63, 3.8) is 0 Å². The zero-order valence-electron chi connectivity index (χ0n) is 11.3. The summed E-state index contributed by atoms with van der Waals surface area (Å²) in [6.45, 7) is 7.64. The molecule has 2 saturated carbocycles. The molecule has 3 atom stereocenters. The van der Waals surface area contributed by atoms with Gasteiger partial charge < -0.3 is 10.1 Å². The lowest BCUT2D eigenvalue weighted by molar-refractivity contribution is -0.154. The van der Waals surface area contributed by atoms with Crippen molar-refractivity contribution in [3.05, 3.63) is 0 Å². The molecular formula is C14H25NO2. The van der Waals surface area contributed by atoms with Crippen LogP contribution >= 0.6 is 0 Å². The van der Waals surface area contributed by atoms with E-state index >= 15 is 0 Å². The third-order valence-electron chi connectivity index (χ3n) is 4.31. The van der Waals surface area contributed by atoms with Gasteiger partial charge >= 0.3 is 5.97 Å². The summed E-state index contributed by atoms with van der Waals surface area (Å²) >= 11 is 0. The molecule has 3 nitrogen and oxygen atoms in total. The van der Waals surface area contributed by atoms with E-state index in [4.69, 9.17) is 4.74 Å². The number of rotatable bonds is 5. The molecule has 3 unspecified atom stereocenters. The van der Waals surface area contributed by atoms with Gasteiger partial charge in [-0.3, -0.25) is 4.79 Å². The lowest BCUT2D eigenvalue weighted by Gasteiger charge is -2.36. The second-order valence-electron chi connectivity index (χ2n) is 6.05. The van der Waals surface area contributed by atoms with E-state index in [9.17, 15) is 4.79 Å². The van der Waals surface area contributed by atoms with Gasteiger partial charge in [-0.25, -0.2) is 0 Å². The van der Waals surface area contributed by atoms with Crippen LogP contribution in [0.15, 0.2) is 0 Å². The van der Waals surface area contributed by atoms with E-state index in [1.807, 2.05) is 6.92 Å². The van der Waals surface area contributed by atoms with Crippen LogP contribution in [0.1, 0.15) is 46.5 Å². The van der Waals surface area contributed by atoms with Crippen LogP contribution in [0.4, 0.5) is 0 Å². The highest BCUT2D eigenvalue weighted by molar-refractivity contribution is 5.82. The minimum Gasteiger partial charge on any atom is -0.465 e. The topological polar surface area (TPSA) is 38.3 Å². The largest absolute Gasteiger partial charge is 0.465 e. The minimum absolute atomic E-state index is 0.00662. The first-order chi connectivity index (χ1) is 8.08. The van der Waals surface area contributed by atoms with Crippen LogP contribution in [0.3, 0.4) is 0 Å². The summed E-state index contributed by atoms with van der Waals surface area (Å²) < 4.78 is 5.31. The van der Waals surface area contributed by atoms with Crippen molar-refractivity contribution >= 4 is 5.97 Å². The lowest BCUT2D eigenvalue weighted by atomic mass is 9.80. The summed E-state index contributed by atoms with van der Waals surface area (Å²) in [5.41, 5.74) is -0.358. The fourth-order valence-corrected chi connectivity index (χ4v) is 3.51. The van der Waals surface area contributed by atoms with E-state index in [1.54, 1.807) is 0 Å². The molecule has 0 aromatic heterocycles. The quantitative estimate of drug-likeness (QED) is 0.748. The molecule has 3 heteroatoms. The number of nitrogens with one attached hydrogen (secondary N) is 1. The maximum atomic E-state index is 12.3. The number of hydrogen-bond donors (Lipinski definition) is 1. The molecule has 0 amide bonds. The average Bonchev–Trinajstić information content (AvgIpc) is 2.87. The molecule has 2 bridgehead atoms. The number of carbonyl (C=O) groups excluding carboxylic acids is 1. The van der Waals surface area contributed by atoms with Crippen LogP contribution in [-0.4, -0.2) is 24.7 Å². The van der Waals surface area contributed by atoms with Gasteiger partial charge in [0.05, 0.1) is 6.61 Å². The Balaban J connectivity index is 2.09. The second-order valence-corrected chi connectivity index (χ2v) is 6.05. The molecule has 0 spiro atoms. The summed E-state index contributed by atoms with van der Waals surface area (Å²) in [5.74, 6) is 1.81. The Morgan fingerprint density at radius 2 is 2.24 bits per heavy atom. The van der Waals surface area contributed by atoms with Crippen LogP contribution < -0.4 is 5.32 Å². The summed E-state index contributed by atoms with van der Waals surface area (Å²) in [6.07, 6.45) is 4.69. The minimum atomic E-state index is -0.358. The van der Waals surface area contributed by atoms with Crippen LogP contribution in [0.25, 0.3) is 0 Å². The van der Waals surface area contributed by atoms with E-state index in [-0.39, 0.29) is 11.5 Å². The Morgan fingerprint density at radius 1 is 1.47 bits per heavy atom. The maximum Gasteiger partial charge on any atom is 0.326 e. The van der Waals surface area contributed by atoms with Gasteiger partial charge in [-0.15, -0.1) is 0 Å². The Hall–Kier alpha value is -0.570. The van der Waals surface area contributed by atoms with Crippen molar-refractivity contribution in [2.24, 2.45) is 17.8 Å². The van der Waals surface area contributed by atoms with Gasteiger partial charge in [0.25, 0.3) is 0 Å². The van der Waals surface area contributed by atoms with Gasteiger partial charge in [0.1, 0.15) is 5.54 Å². The van der Waals surface area contributed by atoms with Crippen molar-refractivity contribution in [1.29, 1.82) is 0 Å². The second kappa shape index (κ2) is 4.97. The van der Waals surface area contributed by atoms with Crippen LogP contribution in [0.5, 0.6) is 0 Å². The first-order valence-electron chi connectivity index (χ1n) is 7.00. The summed E-state index contributed by atoms with van der Waals surface area (Å²) in [7, 11) is 0. The third-order valence-corrected chi connectivity index (χ3v) is 4.31. The predicted molar refractivity (Wildman–Crippen MR) is 67.7 cm³/mol. The molecule has 17 heavy (non-hydrogen) atoms. The van der Waals surface area contributed by atoms with Crippen molar-refractivity contribution in [3.8, 4) is 0 Å². The molecule has 98 valence electrons. The van der Waals surface area contributed by atoms with E-state index in [0.717, 1.165) is 18.9 Å². The van der Waals surface area contributed by atoms with Crippen LogP contribution in [0.2, 0.25) is 0 Å². The van der Waals surface area contributed by atoms with Gasteiger partial charge in [-0.05, 0) is 50.5 Å². The Labute approximate surface area is 104 Å². The van der Waals surface area contributed by atoms with E-state index in [0.29, 0.717) is 18.4 Å². The highest BCUT2D eigenvalue weighted by Gasteiger charge is 2.56. The molecule has 0 heterocycles. The molecule has 0 aromatic rings. The molecule has 2 fully saturated rings. The highest BCUT2D eigenvalue weighted by atomic mass is 16.5. The van der Waals surface area contributed by atoms with E-state index in [1.165, 1.54) is 19.3 Å². The number of esters is 1. The number of carbonyl (C=O) groups is 1. The normalized spacial score (nSPS) is 35.5. The van der Waals surface area contributed by atoms with Crippen molar-refractivity contribution in [2.75, 3.05) is 13.2 Å². The monoisotopic (exact) mass is 239 g/mol. The predicted octanol–water partition coefficient (Wildman–Crippen LogP) is 2.35. The Morgan fingerprint density at radius 3 is 2.71 bits per heavy atom. The van der Waals surface area contributed by atoms with E-state index < -0.39 is 0 Å². The highest BCUT2D eigenvalue weighted by Crippen LogP contribution is 2.51. The molecule has 0 radical (unpaired) electrons. The zero-order chi connectivity index (χ0) is 12.5. The fraction of sp³-hybridized carbons (Fsp3) is 0.929. The van der Waals surface area contributed by atoms with Crippen molar-refractivity contribution in [1.82, 2.24) is 5.32 Å². The fourth-order valence-electron chi connectivity index (χ4n) is 3.51. The Bertz CT molecular complexity index is 290. The maximum absolute atomic E-state index is 12.3. The molecule has 0 aliphatic heterocycles. The number of hydrogen-bond acceptors (Lipinski definition) is 3. The number of fused-ring (bicyclic) bond motifs is 2. The molecule has 2 aliphatic carbocycles. The van der Waals surface area contributed by atoms with Gasteiger partial charge in [0.2, 0.25) is 0 Å². The van der Waals surface area contributed by atoms with Crippen LogP contribution in [-0.2, 0) is 9.53 Å². The summed E-state index contributed by atoms with van der Waals surface area (Å²) in [4.78, 5) is 12.3. The van der Waals surface area contributed by atoms with Crippen molar-refractivity contribution < 1.29 is 9.53 Å². The van der Waals surface area contributed by atoms with Crippen molar-refractivity contribution in [2.45, 2.75) is 52.0 Å². The lowest BCUT2D eigenvalue weighted by Crippen LogP contribution is -2.57. The first-order valence-corrected chi connectivity index (χ1v) is 7.00. The van der Waals surface area contributed by atoms with Gasteiger partial charge in [0, 0.05) is 0 Å². The van der Waals surface area contributed by atoms with Gasteiger partial charge in [-0.1, -0.05) is 20.3 Å². The average molecular weight is 239 g/mol. The van der Waals surface area contributed by atoms with Crippen LogP contribution in [0, 0.1) is 17.8 Å². The molecule has 1 N–H and O–H groups in total. The van der Waals surface area contributed by atoms with E-state index in [2.05, 4.69) is 19.2 Å². The summed E-state index contributed by atoms with van der Waals surface area (Å²) in [5, 5.41) is 3.54. The van der Waals surface area contributed by atoms with Gasteiger partial charge in [0.15, 0.2) is 0 Å².